The van der Waals surface area contributed by atoms with Crippen molar-refractivity contribution < 1.29 is 33.0 Å². The Morgan fingerprint density at radius 1 is 0.910 bits per heavy atom. The number of halogens is 3. The van der Waals surface area contributed by atoms with E-state index in [4.69, 9.17) is 32.7 Å². The molecule has 67 heavy (non-hydrogen) atoms. The minimum atomic E-state index is -1.40. The van der Waals surface area contributed by atoms with Gasteiger partial charge in [0.2, 0.25) is 23.6 Å². The Balaban J connectivity index is 1.25. The van der Waals surface area contributed by atoms with E-state index in [2.05, 4.69) is 15.6 Å². The van der Waals surface area contributed by atoms with Crippen LogP contribution in [-0.4, -0.2) is 113 Å². The van der Waals surface area contributed by atoms with Crippen LogP contribution in [0.5, 0.6) is 11.5 Å². The maximum absolute atomic E-state index is 15.1. The van der Waals surface area contributed by atoms with Crippen molar-refractivity contribution in [2.45, 2.75) is 69.2 Å². The van der Waals surface area contributed by atoms with E-state index >= 15 is 4.79 Å². The van der Waals surface area contributed by atoms with Crippen molar-refractivity contribution in [2.75, 3.05) is 47.6 Å². The van der Waals surface area contributed by atoms with Gasteiger partial charge in [-0.2, -0.15) is 0 Å². The van der Waals surface area contributed by atoms with Crippen molar-refractivity contribution >= 4 is 46.8 Å². The third-order valence-electron chi connectivity index (χ3n) is 12.5. The lowest BCUT2D eigenvalue weighted by Crippen LogP contribution is -2.65. The number of hydrogen-bond acceptors (Lipinski definition) is 8. The molecule has 354 valence electrons. The number of aromatic nitrogens is 2. The standard InChI is InChI=1S/C51H58Cl2FN7O6/c1-58(2)31-46-55-29-44(59(46)3)36-14-19-41(20-15-36)67-45-27-40(53)18-13-37(45)30-61-43(21-23-54)49(64)56-42(32-66-4)48(63)57-51(28-35-11-16-39(52)17-12-35)22-8-24-60(33-51)50(65)38(26-47(61)62)25-34-9-6-5-7-10-34/h5-7,9-20,27,29,38,42-43H,8,21-26,28,30-33H2,1-4H3,(H,56,64)(H,57,63)/t38-,42+,43+,51-/m1/s1. The number of carbonyl (C=O) groups is 4. The number of fused-ring (bicyclic) bond motifs is 2. The number of nitrogens with one attached hydrogen (secondary N) is 2. The number of amides is 4. The lowest BCUT2D eigenvalue weighted by atomic mass is 9.81. The molecule has 4 amide bonds. The summed E-state index contributed by atoms with van der Waals surface area (Å²) in [5.74, 6) is -1.27. The molecular weight excluding hydrogens is 897 g/mol. The molecule has 2 bridgehead atoms. The molecule has 0 saturated carbocycles. The summed E-state index contributed by atoms with van der Waals surface area (Å²) in [7, 11) is 7.35. The molecule has 13 nitrogen and oxygen atoms in total. The highest BCUT2D eigenvalue weighted by Crippen LogP contribution is 2.34. The smallest absolute Gasteiger partial charge is 0.245 e. The number of carbonyl (C=O) groups excluding carboxylic acids is 4. The first-order chi connectivity index (χ1) is 32.2. The van der Waals surface area contributed by atoms with Crippen LogP contribution in [0.25, 0.3) is 11.3 Å². The summed E-state index contributed by atoms with van der Waals surface area (Å²) < 4.78 is 28.7. The van der Waals surface area contributed by atoms with Gasteiger partial charge in [0.15, 0.2) is 0 Å². The predicted octanol–water partition coefficient (Wildman–Crippen LogP) is 7.42. The Bertz CT molecular complexity index is 2510. The number of nitrogens with zero attached hydrogens (tertiary/aromatic N) is 5. The maximum atomic E-state index is 15.1. The minimum Gasteiger partial charge on any atom is -0.457 e. The van der Waals surface area contributed by atoms with Gasteiger partial charge in [-0.1, -0.05) is 71.7 Å². The average Bonchev–Trinajstić information content (AvgIpc) is 3.66. The summed E-state index contributed by atoms with van der Waals surface area (Å²) in [5.41, 5.74) is 3.12. The van der Waals surface area contributed by atoms with Gasteiger partial charge in [0.1, 0.15) is 29.4 Å². The van der Waals surface area contributed by atoms with Crippen LogP contribution in [0.3, 0.4) is 0 Å². The molecule has 2 N–H and O–H groups in total. The Morgan fingerprint density at radius 3 is 2.34 bits per heavy atom. The second kappa shape index (κ2) is 22.3. The van der Waals surface area contributed by atoms with Gasteiger partial charge in [-0.25, -0.2) is 4.98 Å². The van der Waals surface area contributed by atoms with Gasteiger partial charge in [-0.15, -0.1) is 0 Å². The molecule has 0 aliphatic carbocycles. The quantitative estimate of drug-likeness (QED) is 0.111. The second-order valence-electron chi connectivity index (χ2n) is 17.8. The molecule has 1 aromatic heterocycles. The van der Waals surface area contributed by atoms with Gasteiger partial charge in [-0.05, 0) is 99.4 Å². The van der Waals surface area contributed by atoms with Crippen LogP contribution in [0.4, 0.5) is 4.39 Å². The molecule has 0 spiro atoms. The molecule has 0 radical (unpaired) electrons. The van der Waals surface area contributed by atoms with E-state index in [1.54, 1.807) is 35.2 Å². The van der Waals surface area contributed by atoms with Crippen LogP contribution in [0.1, 0.15) is 48.2 Å². The summed E-state index contributed by atoms with van der Waals surface area (Å²) in [4.78, 5) is 68.8. The third-order valence-corrected chi connectivity index (χ3v) is 13.0. The molecule has 2 fully saturated rings. The van der Waals surface area contributed by atoms with E-state index in [0.717, 1.165) is 28.2 Å². The molecule has 7 rings (SSSR count). The van der Waals surface area contributed by atoms with Crippen molar-refractivity contribution in [3.63, 3.8) is 0 Å². The van der Waals surface area contributed by atoms with Crippen molar-refractivity contribution in [2.24, 2.45) is 13.0 Å². The summed E-state index contributed by atoms with van der Waals surface area (Å²) in [5, 5.41) is 6.97. The van der Waals surface area contributed by atoms with Crippen LogP contribution in [0.2, 0.25) is 10.0 Å². The van der Waals surface area contributed by atoms with E-state index in [1.807, 2.05) is 104 Å². The number of ether oxygens (including phenoxy) is 2. The SMILES string of the molecule is COC[C@@H]1NC(=O)[C@H](CCF)N(Cc2ccc(Cl)cc2Oc2ccc(-c3cnc(CN(C)C)n3C)cc2)C(=O)C[C@@H](Cc2ccccc2)C(=O)N2CCC[C@@](Cc3ccc(Cl)cc3)(C2)NC1=O. The molecule has 2 saturated heterocycles. The Kier molecular flexibility index (Phi) is 16.4. The van der Waals surface area contributed by atoms with Crippen LogP contribution in [-0.2, 0) is 56.9 Å². The lowest BCUT2D eigenvalue weighted by molar-refractivity contribution is -0.148. The molecule has 2 aliphatic heterocycles. The summed E-state index contributed by atoms with van der Waals surface area (Å²) in [6, 6.07) is 26.6. The molecular formula is C51H58Cl2FN7O6. The van der Waals surface area contributed by atoms with Gasteiger partial charge in [0, 0.05) is 61.3 Å². The largest absolute Gasteiger partial charge is 0.457 e. The Labute approximate surface area is 401 Å². The fourth-order valence-corrected chi connectivity index (χ4v) is 9.40. The van der Waals surface area contributed by atoms with Crippen LogP contribution >= 0.6 is 23.2 Å². The second-order valence-corrected chi connectivity index (χ2v) is 18.7. The Hall–Kier alpha value is -5.80. The molecule has 4 aromatic carbocycles. The highest BCUT2D eigenvalue weighted by Gasteiger charge is 2.43. The highest BCUT2D eigenvalue weighted by atomic mass is 35.5. The van der Waals surface area contributed by atoms with Gasteiger partial charge in [0.25, 0.3) is 0 Å². The normalized spacial score (nSPS) is 20.7. The van der Waals surface area contributed by atoms with Crippen LogP contribution in [0, 0.1) is 5.92 Å². The van der Waals surface area contributed by atoms with Crippen molar-refractivity contribution in [1.29, 1.82) is 0 Å². The zero-order valence-electron chi connectivity index (χ0n) is 38.4. The fourth-order valence-electron chi connectivity index (χ4n) is 9.11. The van der Waals surface area contributed by atoms with E-state index in [9.17, 15) is 18.8 Å². The third kappa shape index (κ3) is 12.4. The van der Waals surface area contributed by atoms with Gasteiger partial charge in [0.05, 0.1) is 49.7 Å². The molecule has 4 atom stereocenters. The topological polar surface area (TPSA) is 138 Å². The van der Waals surface area contributed by atoms with Gasteiger partial charge in [-0.3, -0.25) is 23.6 Å². The number of methoxy groups -OCH3 is 1. The zero-order valence-corrected chi connectivity index (χ0v) is 39.9. The average molecular weight is 955 g/mol. The van der Waals surface area contributed by atoms with Gasteiger partial charge >= 0.3 is 0 Å². The molecule has 0 unspecified atom stereocenters. The molecule has 2 aliphatic rings. The van der Waals surface area contributed by atoms with E-state index < -0.39 is 54.4 Å². The van der Waals surface area contributed by atoms with Crippen molar-refractivity contribution in [3.05, 3.63) is 136 Å². The van der Waals surface area contributed by atoms with Crippen molar-refractivity contribution in [3.8, 4) is 22.8 Å². The first kappa shape index (κ1) is 49.1. The minimum absolute atomic E-state index is 0.160. The zero-order chi connectivity index (χ0) is 47.7. The first-order valence-corrected chi connectivity index (χ1v) is 23.3. The predicted molar refractivity (Wildman–Crippen MR) is 256 cm³/mol. The van der Waals surface area contributed by atoms with Crippen molar-refractivity contribution in [1.82, 2.24) is 34.9 Å². The fraction of sp³-hybridized carbons (Fsp3) is 0.392. The molecule has 5 aromatic rings. The number of alkyl halides is 1. The highest BCUT2D eigenvalue weighted by molar-refractivity contribution is 6.31. The Morgan fingerprint density at radius 2 is 1.64 bits per heavy atom. The first-order valence-electron chi connectivity index (χ1n) is 22.5. The van der Waals surface area contributed by atoms with Crippen LogP contribution < -0.4 is 15.4 Å². The lowest BCUT2D eigenvalue weighted by Gasteiger charge is -2.45. The number of benzene rings is 4. The van der Waals surface area contributed by atoms with E-state index in [-0.39, 0.29) is 38.4 Å². The summed E-state index contributed by atoms with van der Waals surface area (Å²) in [6.45, 7) is -0.134. The van der Waals surface area contributed by atoms with E-state index in [0.29, 0.717) is 59.5 Å². The molecule has 16 heteroatoms. The summed E-state index contributed by atoms with van der Waals surface area (Å²) in [6.07, 6.45) is 2.86. The number of hydrogen-bond donors (Lipinski definition) is 2. The number of imidazole rings is 1. The number of rotatable bonds is 15. The van der Waals surface area contributed by atoms with E-state index in [1.165, 1.54) is 12.0 Å². The van der Waals surface area contributed by atoms with Gasteiger partial charge < -0.3 is 39.4 Å². The van der Waals surface area contributed by atoms with Crippen LogP contribution in [0.15, 0.2) is 103 Å². The maximum Gasteiger partial charge on any atom is 0.245 e. The summed E-state index contributed by atoms with van der Waals surface area (Å²) >= 11 is 12.8. The number of piperidine rings is 1. The monoisotopic (exact) mass is 953 g/mol. The molecule has 3 heterocycles.